The molecule has 0 atom stereocenters. The number of Topliss-reactive ketones (excluding diaryl/α,β-unsaturated/α-hetero) is 1. The van der Waals surface area contributed by atoms with Gasteiger partial charge < -0.3 is 5.11 Å². The van der Waals surface area contributed by atoms with Crippen LogP contribution in [0.25, 0.3) is 0 Å². The van der Waals surface area contributed by atoms with E-state index >= 15 is 0 Å². The molecule has 3 nitrogen and oxygen atoms in total. The smallest absolute Gasteiger partial charge is 0.375 e. The Morgan fingerprint density at radius 3 is 2.00 bits per heavy atom. The van der Waals surface area contributed by atoms with Crippen molar-refractivity contribution in [1.29, 1.82) is 0 Å². The summed E-state index contributed by atoms with van der Waals surface area (Å²) in [5.41, 5.74) is 0. The Hall–Kier alpha value is -0.930. The fraction of sp³-hybridized carbons (Fsp3) is 0.333. The van der Waals surface area contributed by atoms with Gasteiger partial charge in [-0.05, 0) is 0 Å². The van der Waals surface area contributed by atoms with Crippen LogP contribution in [0.4, 0.5) is 4.39 Å². The van der Waals surface area contributed by atoms with Crippen molar-refractivity contribution in [2.45, 2.75) is 0 Å². The van der Waals surface area contributed by atoms with E-state index < -0.39 is 18.4 Å². The van der Waals surface area contributed by atoms with Gasteiger partial charge in [0.15, 0.2) is 6.67 Å². The maximum Gasteiger partial charge on any atom is 0.375 e. The second-order valence-corrected chi connectivity index (χ2v) is 0.862. The quantitative estimate of drug-likeness (QED) is 0.487. The third-order valence-electron chi connectivity index (χ3n) is 0.360. The Morgan fingerprint density at radius 1 is 1.57 bits per heavy atom. The number of rotatable bonds is 2. The van der Waals surface area contributed by atoms with Crippen LogP contribution < -0.4 is 0 Å². The van der Waals surface area contributed by atoms with Crippen molar-refractivity contribution < 1.29 is 19.1 Å². The molecule has 0 heterocycles. The van der Waals surface area contributed by atoms with E-state index in [0.717, 1.165) is 0 Å². The number of carboxylic acid groups (broad SMARTS) is 1. The molecule has 0 amide bonds. The van der Waals surface area contributed by atoms with Crippen LogP contribution in [0.3, 0.4) is 0 Å². The van der Waals surface area contributed by atoms with Gasteiger partial charge in [-0.2, -0.15) is 0 Å². The van der Waals surface area contributed by atoms with E-state index in [1.807, 2.05) is 0 Å². The predicted octanol–water partition coefficient (Wildman–Crippen LogP) is -0.390. The molecule has 0 rings (SSSR count). The summed E-state index contributed by atoms with van der Waals surface area (Å²) in [4.78, 5) is 18.9. The van der Waals surface area contributed by atoms with E-state index in [1.165, 1.54) is 0 Å². The zero-order valence-corrected chi connectivity index (χ0v) is 3.35. The molecule has 0 bridgehead atoms. The lowest BCUT2D eigenvalue weighted by Crippen LogP contribution is -2.13. The highest BCUT2D eigenvalue weighted by molar-refractivity contribution is 6.33. The molecule has 7 heavy (non-hydrogen) atoms. The van der Waals surface area contributed by atoms with Crippen LogP contribution in [0, 0.1) is 0 Å². The van der Waals surface area contributed by atoms with Crippen molar-refractivity contribution >= 4 is 11.8 Å². The Morgan fingerprint density at radius 2 is 2.00 bits per heavy atom. The maximum absolute atomic E-state index is 10.9. The van der Waals surface area contributed by atoms with Crippen LogP contribution in [-0.4, -0.2) is 23.5 Å². The van der Waals surface area contributed by atoms with Gasteiger partial charge in [-0.25, -0.2) is 9.18 Å². The average Bonchev–Trinajstić information content (AvgIpc) is 1.65. The van der Waals surface area contributed by atoms with E-state index in [-0.39, 0.29) is 0 Å². The predicted molar refractivity (Wildman–Crippen MR) is 18.6 cm³/mol. The number of halogens is 1. The molecule has 0 spiro atoms. The molecular weight excluding hydrogens is 103 g/mol. The highest BCUT2D eigenvalue weighted by Gasteiger charge is 2.08. The molecule has 0 unspecified atom stereocenters. The molecule has 0 fully saturated rings. The fourth-order valence-corrected chi connectivity index (χ4v) is 0.0572. The molecule has 0 radical (unpaired) electrons. The summed E-state index contributed by atoms with van der Waals surface area (Å²) in [6, 6.07) is 0. The number of ketones is 1. The van der Waals surface area contributed by atoms with Gasteiger partial charge in [-0.1, -0.05) is 0 Å². The molecule has 0 aromatic carbocycles. The Labute approximate surface area is 38.8 Å². The van der Waals surface area contributed by atoms with Gasteiger partial charge in [0, 0.05) is 0 Å². The first-order valence-corrected chi connectivity index (χ1v) is 1.50. The van der Waals surface area contributed by atoms with Crippen molar-refractivity contribution in [1.82, 2.24) is 0 Å². The van der Waals surface area contributed by atoms with Crippen LogP contribution >= 0.6 is 0 Å². The van der Waals surface area contributed by atoms with E-state index in [0.29, 0.717) is 0 Å². The third-order valence-corrected chi connectivity index (χ3v) is 0.360. The zero-order valence-electron chi connectivity index (χ0n) is 3.35. The van der Waals surface area contributed by atoms with Crippen molar-refractivity contribution in [3.8, 4) is 0 Å². The fourth-order valence-electron chi connectivity index (χ4n) is 0.0572. The molecule has 4 heteroatoms. The lowest BCUT2D eigenvalue weighted by atomic mass is 10.5. The largest absolute Gasteiger partial charge is 0.475 e. The zero-order chi connectivity index (χ0) is 5.86. The minimum atomic E-state index is -1.72. The number of carbonyl (C=O) groups excluding carboxylic acids is 1. The van der Waals surface area contributed by atoms with E-state index in [1.54, 1.807) is 0 Å². The standard InChI is InChI=1S/C3H3FO3/c4-1-2(5)3(6)7/h1H2,(H,6,7). The summed E-state index contributed by atoms with van der Waals surface area (Å²) in [7, 11) is 0. The number of alkyl halides is 1. The van der Waals surface area contributed by atoms with E-state index in [4.69, 9.17) is 5.11 Å². The van der Waals surface area contributed by atoms with Crippen LogP contribution in [0.15, 0.2) is 0 Å². The molecule has 0 aromatic heterocycles. The molecule has 0 saturated carbocycles. The highest BCUT2D eigenvalue weighted by atomic mass is 19.1. The van der Waals surface area contributed by atoms with Crippen molar-refractivity contribution in [3.63, 3.8) is 0 Å². The van der Waals surface area contributed by atoms with Crippen LogP contribution in [-0.2, 0) is 9.59 Å². The number of carboxylic acids is 1. The monoisotopic (exact) mass is 106 g/mol. The second-order valence-electron chi connectivity index (χ2n) is 0.862. The molecule has 1 N–H and O–H groups in total. The first kappa shape index (κ1) is 6.07. The Balaban J connectivity index is 3.58. The number of hydrogen-bond donors (Lipinski definition) is 1. The third kappa shape index (κ3) is 1.86. The van der Waals surface area contributed by atoms with Crippen LogP contribution in [0.1, 0.15) is 0 Å². The summed E-state index contributed by atoms with van der Waals surface area (Å²) in [6.07, 6.45) is 0. The SMILES string of the molecule is O=C(O)C(=O)CF. The normalized spacial score (nSPS) is 8.14. The molecule has 40 valence electrons. The molecule has 0 aliphatic heterocycles. The lowest BCUT2D eigenvalue weighted by Gasteiger charge is -1.78. The van der Waals surface area contributed by atoms with Crippen molar-refractivity contribution in [2.75, 3.05) is 6.67 Å². The maximum atomic E-state index is 10.9. The summed E-state index contributed by atoms with van der Waals surface area (Å²) in [6.45, 7) is -1.42. The first-order chi connectivity index (χ1) is 3.18. The Kier molecular flexibility index (Phi) is 1.98. The molecular formula is C3H3FO3. The minimum absolute atomic E-state index is 1.40. The molecule has 0 aliphatic carbocycles. The van der Waals surface area contributed by atoms with Gasteiger partial charge in [-0.15, -0.1) is 0 Å². The van der Waals surface area contributed by atoms with Crippen LogP contribution in [0.5, 0.6) is 0 Å². The summed E-state index contributed by atoms with van der Waals surface area (Å²) < 4.78 is 10.9. The molecule has 0 aromatic rings. The Bertz CT molecular complexity index is 98.4. The van der Waals surface area contributed by atoms with Crippen molar-refractivity contribution in [2.24, 2.45) is 0 Å². The molecule has 0 aliphatic rings. The van der Waals surface area contributed by atoms with Gasteiger partial charge in [0.25, 0.3) is 5.78 Å². The van der Waals surface area contributed by atoms with Crippen LogP contribution in [0.2, 0.25) is 0 Å². The van der Waals surface area contributed by atoms with Gasteiger partial charge in [0.2, 0.25) is 0 Å². The number of carbonyl (C=O) groups is 2. The topological polar surface area (TPSA) is 54.4 Å². The number of hydrogen-bond acceptors (Lipinski definition) is 2. The van der Waals surface area contributed by atoms with Gasteiger partial charge in [0.05, 0.1) is 0 Å². The van der Waals surface area contributed by atoms with E-state index in [9.17, 15) is 14.0 Å². The van der Waals surface area contributed by atoms with E-state index in [2.05, 4.69) is 0 Å². The van der Waals surface area contributed by atoms with Gasteiger partial charge in [0.1, 0.15) is 0 Å². The minimum Gasteiger partial charge on any atom is -0.475 e. The number of aliphatic carboxylic acids is 1. The van der Waals surface area contributed by atoms with Gasteiger partial charge in [-0.3, -0.25) is 4.79 Å². The average molecular weight is 106 g/mol. The highest BCUT2D eigenvalue weighted by Crippen LogP contribution is 1.71. The first-order valence-electron chi connectivity index (χ1n) is 1.50. The summed E-state index contributed by atoms with van der Waals surface area (Å²) >= 11 is 0. The van der Waals surface area contributed by atoms with Gasteiger partial charge >= 0.3 is 5.97 Å². The summed E-state index contributed by atoms with van der Waals surface area (Å²) in [5.74, 6) is -3.12. The lowest BCUT2D eigenvalue weighted by molar-refractivity contribution is -0.149. The summed E-state index contributed by atoms with van der Waals surface area (Å²) in [5, 5.41) is 7.59. The molecule has 0 saturated heterocycles. The second kappa shape index (κ2) is 2.28. The van der Waals surface area contributed by atoms with Crippen molar-refractivity contribution in [3.05, 3.63) is 0 Å².